The highest BCUT2D eigenvalue weighted by molar-refractivity contribution is 9.10. The summed E-state index contributed by atoms with van der Waals surface area (Å²) < 4.78 is 45.3. The number of aliphatic hydroxyl groups excluding tert-OH is 1. The van der Waals surface area contributed by atoms with Crippen molar-refractivity contribution < 1.29 is 22.7 Å². The van der Waals surface area contributed by atoms with Gasteiger partial charge in [0.15, 0.2) is 0 Å². The number of nitrogens with zero attached hydrogens (tertiary/aromatic N) is 1. The van der Waals surface area contributed by atoms with Crippen molar-refractivity contribution in [1.29, 1.82) is 0 Å². The number of rotatable bonds is 5. The molecule has 8 heteroatoms. The van der Waals surface area contributed by atoms with Crippen molar-refractivity contribution in [2.24, 2.45) is 0 Å². The summed E-state index contributed by atoms with van der Waals surface area (Å²) in [4.78, 5) is -0.0436. The SMILES string of the molecule is O=S(=O)(c1ccc(Br)c(F)c1)N1CCC(OCCO)CC1. The van der Waals surface area contributed by atoms with Gasteiger partial charge in [0, 0.05) is 13.1 Å². The first kappa shape index (κ1) is 16.8. The molecule has 1 heterocycles. The van der Waals surface area contributed by atoms with Crippen molar-refractivity contribution in [2.75, 3.05) is 26.3 Å². The largest absolute Gasteiger partial charge is 0.394 e. The zero-order valence-corrected chi connectivity index (χ0v) is 13.7. The minimum Gasteiger partial charge on any atom is -0.394 e. The summed E-state index contributed by atoms with van der Waals surface area (Å²) >= 11 is 3.00. The fourth-order valence-corrected chi connectivity index (χ4v) is 3.97. The molecule has 0 atom stereocenters. The average Bonchev–Trinajstić information content (AvgIpc) is 2.48. The third-order valence-electron chi connectivity index (χ3n) is 3.37. The van der Waals surface area contributed by atoms with Gasteiger partial charge in [0.25, 0.3) is 0 Å². The molecular formula is C13H17BrFNO4S. The summed E-state index contributed by atoms with van der Waals surface area (Å²) in [7, 11) is -3.68. The van der Waals surface area contributed by atoms with Gasteiger partial charge < -0.3 is 9.84 Å². The first-order chi connectivity index (χ1) is 9.95. The number of sulfonamides is 1. The van der Waals surface area contributed by atoms with Crippen molar-refractivity contribution in [3.63, 3.8) is 0 Å². The van der Waals surface area contributed by atoms with Crippen LogP contribution in [0.2, 0.25) is 0 Å². The van der Waals surface area contributed by atoms with Gasteiger partial charge >= 0.3 is 0 Å². The number of halogens is 2. The van der Waals surface area contributed by atoms with Crippen LogP contribution in [0.25, 0.3) is 0 Å². The number of hydrogen-bond donors (Lipinski definition) is 1. The molecule has 21 heavy (non-hydrogen) atoms. The van der Waals surface area contributed by atoms with Crippen LogP contribution in [-0.2, 0) is 14.8 Å². The lowest BCUT2D eigenvalue weighted by Crippen LogP contribution is -2.41. The van der Waals surface area contributed by atoms with E-state index in [1.54, 1.807) is 0 Å². The van der Waals surface area contributed by atoms with Gasteiger partial charge in [-0.05, 0) is 47.0 Å². The lowest BCUT2D eigenvalue weighted by atomic mass is 10.1. The van der Waals surface area contributed by atoms with Crippen LogP contribution >= 0.6 is 15.9 Å². The maximum atomic E-state index is 13.5. The van der Waals surface area contributed by atoms with E-state index in [9.17, 15) is 12.8 Å². The van der Waals surface area contributed by atoms with Crippen molar-refractivity contribution in [3.05, 3.63) is 28.5 Å². The van der Waals surface area contributed by atoms with E-state index in [1.807, 2.05) is 0 Å². The number of hydrogen-bond acceptors (Lipinski definition) is 4. The normalized spacial score (nSPS) is 18.0. The predicted octanol–water partition coefficient (Wildman–Crippen LogP) is 1.75. The van der Waals surface area contributed by atoms with E-state index in [1.165, 1.54) is 16.4 Å². The fraction of sp³-hybridized carbons (Fsp3) is 0.538. The van der Waals surface area contributed by atoms with E-state index in [2.05, 4.69) is 15.9 Å². The van der Waals surface area contributed by atoms with E-state index in [-0.39, 0.29) is 28.7 Å². The Balaban J connectivity index is 2.06. The van der Waals surface area contributed by atoms with E-state index >= 15 is 0 Å². The molecule has 1 aliphatic heterocycles. The van der Waals surface area contributed by atoms with Crippen molar-refractivity contribution in [3.8, 4) is 0 Å². The monoisotopic (exact) mass is 381 g/mol. The molecule has 1 fully saturated rings. The summed E-state index contributed by atoms with van der Waals surface area (Å²) in [5.41, 5.74) is 0. The molecule has 1 aromatic carbocycles. The molecule has 0 aliphatic carbocycles. The molecule has 2 rings (SSSR count). The third-order valence-corrected chi connectivity index (χ3v) is 5.91. The minimum atomic E-state index is -3.68. The molecule has 0 saturated carbocycles. The summed E-state index contributed by atoms with van der Waals surface area (Å²) in [6, 6.07) is 3.80. The van der Waals surface area contributed by atoms with Gasteiger partial charge in [-0.15, -0.1) is 0 Å². The Kier molecular flexibility index (Phi) is 5.73. The molecular weight excluding hydrogens is 365 g/mol. The summed E-state index contributed by atoms with van der Waals surface area (Å²) in [6.45, 7) is 0.873. The van der Waals surface area contributed by atoms with Crippen LogP contribution in [0.4, 0.5) is 4.39 Å². The Hall–Kier alpha value is -0.540. The standard InChI is InChI=1S/C13H17BrFNO4S/c14-12-2-1-11(9-13(12)15)21(18,19)16-5-3-10(4-6-16)20-8-7-17/h1-2,9-10,17H,3-8H2. The van der Waals surface area contributed by atoms with Crippen LogP contribution in [0, 0.1) is 5.82 Å². The average molecular weight is 382 g/mol. The van der Waals surface area contributed by atoms with Gasteiger partial charge in [0.2, 0.25) is 10.0 Å². The maximum Gasteiger partial charge on any atom is 0.243 e. The van der Waals surface area contributed by atoms with Crippen molar-refractivity contribution in [1.82, 2.24) is 4.31 Å². The van der Waals surface area contributed by atoms with Gasteiger partial charge in [-0.25, -0.2) is 12.8 Å². The van der Waals surface area contributed by atoms with Crippen LogP contribution in [-0.4, -0.2) is 50.2 Å². The second kappa shape index (κ2) is 7.15. The van der Waals surface area contributed by atoms with Crippen LogP contribution in [0.1, 0.15) is 12.8 Å². The van der Waals surface area contributed by atoms with E-state index in [4.69, 9.17) is 9.84 Å². The molecule has 5 nitrogen and oxygen atoms in total. The van der Waals surface area contributed by atoms with E-state index < -0.39 is 15.8 Å². The smallest absolute Gasteiger partial charge is 0.243 e. The van der Waals surface area contributed by atoms with Gasteiger partial charge in [0.05, 0.1) is 28.7 Å². The second-order valence-electron chi connectivity index (χ2n) is 4.77. The Bertz CT molecular complexity index is 588. The Labute approximate surface area is 131 Å². The Morgan fingerprint density at radius 1 is 1.38 bits per heavy atom. The van der Waals surface area contributed by atoms with Gasteiger partial charge in [-0.3, -0.25) is 0 Å². The quantitative estimate of drug-likeness (QED) is 0.843. The molecule has 1 saturated heterocycles. The first-order valence-electron chi connectivity index (χ1n) is 6.63. The number of ether oxygens (including phenoxy) is 1. The highest BCUT2D eigenvalue weighted by Gasteiger charge is 2.30. The van der Waals surface area contributed by atoms with Crippen LogP contribution in [0.5, 0.6) is 0 Å². The Morgan fingerprint density at radius 2 is 2.05 bits per heavy atom. The zero-order valence-electron chi connectivity index (χ0n) is 11.3. The van der Waals surface area contributed by atoms with E-state index in [0.29, 0.717) is 25.9 Å². The first-order valence-corrected chi connectivity index (χ1v) is 8.86. The molecule has 0 aromatic heterocycles. The van der Waals surface area contributed by atoms with E-state index in [0.717, 1.165) is 6.07 Å². The van der Waals surface area contributed by atoms with Crippen molar-refractivity contribution in [2.45, 2.75) is 23.8 Å². The third kappa shape index (κ3) is 4.01. The van der Waals surface area contributed by atoms with Gasteiger partial charge in [-0.2, -0.15) is 4.31 Å². The lowest BCUT2D eigenvalue weighted by Gasteiger charge is -2.31. The molecule has 0 unspecified atom stereocenters. The van der Waals surface area contributed by atoms with Crippen LogP contribution < -0.4 is 0 Å². The van der Waals surface area contributed by atoms with Crippen LogP contribution in [0.3, 0.4) is 0 Å². The molecule has 0 radical (unpaired) electrons. The lowest BCUT2D eigenvalue weighted by molar-refractivity contribution is 0.00318. The maximum absolute atomic E-state index is 13.5. The second-order valence-corrected chi connectivity index (χ2v) is 7.57. The van der Waals surface area contributed by atoms with Crippen molar-refractivity contribution >= 4 is 26.0 Å². The Morgan fingerprint density at radius 3 is 2.62 bits per heavy atom. The summed E-state index contributed by atoms with van der Waals surface area (Å²) in [5.74, 6) is -0.600. The molecule has 0 bridgehead atoms. The molecule has 1 aliphatic rings. The zero-order chi connectivity index (χ0) is 15.5. The molecule has 1 N–H and O–H groups in total. The van der Waals surface area contributed by atoms with Gasteiger partial charge in [-0.1, -0.05) is 0 Å². The molecule has 118 valence electrons. The molecule has 0 spiro atoms. The molecule has 1 aromatic rings. The highest BCUT2D eigenvalue weighted by Crippen LogP contribution is 2.25. The van der Waals surface area contributed by atoms with Gasteiger partial charge in [0.1, 0.15) is 5.82 Å². The fourth-order valence-electron chi connectivity index (χ4n) is 2.24. The predicted molar refractivity (Wildman–Crippen MR) is 78.9 cm³/mol. The number of aliphatic hydroxyl groups is 1. The topological polar surface area (TPSA) is 66.8 Å². The molecule has 0 amide bonds. The summed E-state index contributed by atoms with van der Waals surface area (Å²) in [6.07, 6.45) is 1.10. The van der Waals surface area contributed by atoms with Crippen LogP contribution in [0.15, 0.2) is 27.6 Å². The number of piperidine rings is 1. The number of benzene rings is 1. The summed E-state index contributed by atoms with van der Waals surface area (Å²) in [5, 5.41) is 8.70. The highest BCUT2D eigenvalue weighted by atomic mass is 79.9. The minimum absolute atomic E-state index is 0.0368.